The Morgan fingerprint density at radius 2 is 1.62 bits per heavy atom. The quantitative estimate of drug-likeness (QED) is 0.245. The number of aromatic amines is 1. The fourth-order valence-electron chi connectivity index (χ4n) is 4.99. The van der Waals surface area contributed by atoms with Crippen LogP contribution >= 0.6 is 0 Å². The van der Waals surface area contributed by atoms with Gasteiger partial charge in [-0.2, -0.15) is 10.1 Å². The smallest absolute Gasteiger partial charge is 0.296 e. The molecular formula is C32H33FN6O3. The number of hydrogen-bond acceptors (Lipinski definition) is 6. The van der Waals surface area contributed by atoms with Crippen LogP contribution in [0.4, 0.5) is 4.39 Å². The van der Waals surface area contributed by atoms with Gasteiger partial charge in [0.2, 0.25) is 5.78 Å². The molecule has 0 saturated carbocycles. The summed E-state index contributed by atoms with van der Waals surface area (Å²) in [6, 6.07) is 21.6. The third-order valence-corrected chi connectivity index (χ3v) is 6.89. The molecule has 1 N–H and O–H groups in total. The fraction of sp³-hybridized carbons (Fsp3) is 0.219. The van der Waals surface area contributed by atoms with Crippen molar-refractivity contribution in [2.45, 2.75) is 46.6 Å². The van der Waals surface area contributed by atoms with Gasteiger partial charge < -0.3 is 0 Å². The number of H-pyrrole nitrogens is 1. The van der Waals surface area contributed by atoms with Crippen LogP contribution in [0.3, 0.4) is 0 Å². The van der Waals surface area contributed by atoms with Crippen LogP contribution in [0.5, 0.6) is 0 Å². The first kappa shape index (κ1) is 28.4. The van der Waals surface area contributed by atoms with E-state index in [0.717, 1.165) is 39.9 Å². The highest BCUT2D eigenvalue weighted by Gasteiger charge is 2.19. The van der Waals surface area contributed by atoms with Gasteiger partial charge >= 0.3 is 5.76 Å². The minimum absolute atomic E-state index is 0. The first-order chi connectivity index (χ1) is 20.5. The van der Waals surface area contributed by atoms with Crippen molar-refractivity contribution in [2.24, 2.45) is 0 Å². The minimum Gasteiger partial charge on any atom is -0.296 e. The Bertz CT molecular complexity index is 1920. The van der Waals surface area contributed by atoms with E-state index in [0.29, 0.717) is 30.0 Å². The van der Waals surface area contributed by atoms with Crippen molar-refractivity contribution < 1.29 is 10.3 Å². The molecule has 0 unspecified atom stereocenters. The number of rotatable bonds is 8. The molecule has 0 radical (unpaired) electrons. The van der Waals surface area contributed by atoms with Crippen molar-refractivity contribution in [2.75, 3.05) is 0 Å². The molecule has 0 saturated heterocycles. The molecule has 6 rings (SSSR count). The maximum Gasteiger partial charge on any atom is 0.439 e. The lowest BCUT2D eigenvalue weighted by molar-refractivity contribution is 0.388. The number of aromatic nitrogens is 6. The van der Waals surface area contributed by atoms with E-state index in [4.69, 9.17) is 4.52 Å². The molecule has 3 heterocycles. The summed E-state index contributed by atoms with van der Waals surface area (Å²) in [7, 11) is 0. The predicted octanol–water partition coefficient (Wildman–Crippen LogP) is 5.90. The van der Waals surface area contributed by atoms with Gasteiger partial charge in [-0.05, 0) is 40.8 Å². The molecule has 216 valence electrons. The second-order valence-electron chi connectivity index (χ2n) is 9.53. The van der Waals surface area contributed by atoms with Gasteiger partial charge in [0.05, 0.1) is 12.2 Å². The lowest BCUT2D eigenvalue weighted by Gasteiger charge is -2.16. The van der Waals surface area contributed by atoms with E-state index < -0.39 is 5.76 Å². The molecule has 0 fully saturated rings. The molecule has 0 aliphatic rings. The Morgan fingerprint density at radius 3 is 2.29 bits per heavy atom. The van der Waals surface area contributed by atoms with Crippen LogP contribution in [-0.2, 0) is 19.4 Å². The summed E-state index contributed by atoms with van der Waals surface area (Å²) < 4.78 is 21.5. The zero-order chi connectivity index (χ0) is 29.6. The standard InChI is InChI=1S/C30H25FN6O3.C2H6.H2/c1-2-5-26-25(28(38)36(29-32-18-33-37(26)29)17-20-10-14-22(31)15-11-20)16-19-8-12-21(13-9-19)23-6-3-4-7-24(23)27-34-30(39)40-35-27;1-2;/h3-4,6-15,18H,2,5,16-17H2,1H3,(H,34,35,39);1-2H3;1H. The van der Waals surface area contributed by atoms with E-state index in [1.54, 1.807) is 21.2 Å². The summed E-state index contributed by atoms with van der Waals surface area (Å²) in [6.07, 6.45) is 3.37. The number of halogens is 1. The molecule has 6 aromatic rings. The molecule has 3 aromatic carbocycles. The van der Waals surface area contributed by atoms with E-state index in [1.807, 2.05) is 62.4 Å². The van der Waals surface area contributed by atoms with Crippen LogP contribution in [0.2, 0.25) is 0 Å². The van der Waals surface area contributed by atoms with Crippen molar-refractivity contribution in [1.29, 1.82) is 0 Å². The monoisotopic (exact) mass is 568 g/mol. The molecular weight excluding hydrogens is 535 g/mol. The van der Waals surface area contributed by atoms with Gasteiger partial charge in [0.1, 0.15) is 12.1 Å². The summed E-state index contributed by atoms with van der Waals surface area (Å²) in [4.78, 5) is 32.4. The summed E-state index contributed by atoms with van der Waals surface area (Å²) >= 11 is 0. The molecule has 0 aliphatic heterocycles. The second kappa shape index (κ2) is 12.6. The molecule has 0 amide bonds. The van der Waals surface area contributed by atoms with Gasteiger partial charge in [-0.1, -0.05) is 93.0 Å². The SMILES string of the molecule is CC.CCCc1c(Cc2ccc(-c3ccccc3-c3noc(=O)[nH]3)cc2)c(=O)n(Cc2ccc(F)cc2)c2ncnn12.[HH]. The van der Waals surface area contributed by atoms with Crippen molar-refractivity contribution in [3.8, 4) is 22.5 Å². The van der Waals surface area contributed by atoms with Crippen LogP contribution in [0, 0.1) is 5.82 Å². The molecule has 0 spiro atoms. The molecule has 0 bridgehead atoms. The van der Waals surface area contributed by atoms with Crippen molar-refractivity contribution in [3.63, 3.8) is 0 Å². The topological polar surface area (TPSA) is 111 Å². The Labute approximate surface area is 242 Å². The number of aryl methyl sites for hydroxylation is 1. The number of fused-ring (bicyclic) bond motifs is 1. The predicted molar refractivity (Wildman–Crippen MR) is 161 cm³/mol. The van der Waals surface area contributed by atoms with Gasteiger partial charge in [0.15, 0.2) is 5.82 Å². The molecule has 3 aromatic heterocycles. The van der Waals surface area contributed by atoms with E-state index in [-0.39, 0.29) is 19.3 Å². The molecule has 10 heteroatoms. The van der Waals surface area contributed by atoms with Crippen molar-refractivity contribution >= 4 is 5.78 Å². The third kappa shape index (κ3) is 5.69. The average Bonchev–Trinajstić information content (AvgIpc) is 3.69. The van der Waals surface area contributed by atoms with Gasteiger partial charge in [0, 0.05) is 19.0 Å². The minimum atomic E-state index is -0.613. The normalized spacial score (nSPS) is 11.0. The second-order valence-corrected chi connectivity index (χ2v) is 9.53. The summed E-state index contributed by atoms with van der Waals surface area (Å²) in [5.41, 5.74) is 5.64. The van der Waals surface area contributed by atoms with Gasteiger partial charge in [-0.3, -0.25) is 18.9 Å². The van der Waals surface area contributed by atoms with E-state index in [2.05, 4.69) is 27.1 Å². The van der Waals surface area contributed by atoms with Gasteiger partial charge in [0.25, 0.3) is 5.56 Å². The van der Waals surface area contributed by atoms with E-state index >= 15 is 0 Å². The maximum atomic E-state index is 13.9. The summed E-state index contributed by atoms with van der Waals surface area (Å²) in [5, 5.41) is 8.27. The van der Waals surface area contributed by atoms with E-state index in [1.165, 1.54) is 18.5 Å². The largest absolute Gasteiger partial charge is 0.439 e. The number of hydrogen-bond donors (Lipinski definition) is 1. The lowest BCUT2D eigenvalue weighted by atomic mass is 9.96. The first-order valence-electron chi connectivity index (χ1n) is 13.9. The van der Waals surface area contributed by atoms with Gasteiger partial charge in [-0.25, -0.2) is 13.7 Å². The van der Waals surface area contributed by atoms with Crippen LogP contribution in [-0.4, -0.2) is 29.3 Å². The van der Waals surface area contributed by atoms with Crippen LogP contribution in [0.25, 0.3) is 28.3 Å². The summed E-state index contributed by atoms with van der Waals surface area (Å²) in [5.74, 6) is -0.128. The van der Waals surface area contributed by atoms with Crippen LogP contribution in [0.15, 0.2) is 93.2 Å². The van der Waals surface area contributed by atoms with Crippen LogP contribution < -0.4 is 11.3 Å². The zero-order valence-electron chi connectivity index (χ0n) is 23.7. The van der Waals surface area contributed by atoms with Crippen molar-refractivity contribution in [1.82, 2.24) is 29.3 Å². The average molecular weight is 569 g/mol. The molecule has 42 heavy (non-hydrogen) atoms. The Morgan fingerprint density at radius 1 is 0.929 bits per heavy atom. The molecule has 0 atom stereocenters. The van der Waals surface area contributed by atoms with E-state index in [9.17, 15) is 14.0 Å². The number of nitrogens with one attached hydrogen (secondary N) is 1. The fourth-order valence-corrected chi connectivity index (χ4v) is 4.99. The highest BCUT2D eigenvalue weighted by atomic mass is 19.1. The third-order valence-electron chi connectivity index (χ3n) is 6.89. The number of nitrogens with zero attached hydrogens (tertiary/aromatic N) is 5. The maximum absolute atomic E-state index is 13.9. The van der Waals surface area contributed by atoms with Gasteiger partial charge in [-0.15, -0.1) is 0 Å². The molecule has 0 aliphatic carbocycles. The highest BCUT2D eigenvalue weighted by molar-refractivity contribution is 5.80. The molecule has 9 nitrogen and oxygen atoms in total. The van der Waals surface area contributed by atoms with Crippen molar-refractivity contribution in [3.05, 3.63) is 128 Å². The highest BCUT2D eigenvalue weighted by Crippen LogP contribution is 2.30. The summed E-state index contributed by atoms with van der Waals surface area (Å²) in [6.45, 7) is 6.31. The Kier molecular flexibility index (Phi) is 8.52. The first-order valence-corrected chi connectivity index (χ1v) is 13.9. The Hall–Kier alpha value is -5.12. The Balaban J connectivity index is 0.00000138. The lowest BCUT2D eigenvalue weighted by Crippen LogP contribution is -2.30. The van der Waals surface area contributed by atoms with Crippen LogP contribution in [0.1, 0.15) is 51.0 Å². The number of benzene rings is 3. The zero-order valence-corrected chi connectivity index (χ0v) is 23.7.